The molecule has 0 aromatic heterocycles. The molecule has 134 valence electrons. The number of hydrogen-bond acceptors (Lipinski definition) is 5. The fourth-order valence-electron chi connectivity index (χ4n) is 2.30. The Hall–Kier alpha value is -2.69. The van der Waals surface area contributed by atoms with Gasteiger partial charge < -0.3 is 19.5 Å². The third kappa shape index (κ3) is 5.41. The number of rotatable bonds is 9. The first-order valence-corrected chi connectivity index (χ1v) is 8.48. The van der Waals surface area contributed by atoms with E-state index in [1.807, 2.05) is 30.3 Å². The Morgan fingerprint density at radius 1 is 1.04 bits per heavy atom. The summed E-state index contributed by atoms with van der Waals surface area (Å²) in [5, 5.41) is 3.32. The van der Waals surface area contributed by atoms with Crippen molar-refractivity contribution in [1.29, 1.82) is 0 Å². The second kappa shape index (κ2) is 9.57. The van der Waals surface area contributed by atoms with E-state index in [1.54, 1.807) is 26.2 Å². The van der Waals surface area contributed by atoms with Gasteiger partial charge in [-0.15, -0.1) is 0 Å². The summed E-state index contributed by atoms with van der Waals surface area (Å²) in [4.78, 5) is 11.6. The van der Waals surface area contributed by atoms with Gasteiger partial charge in [-0.3, -0.25) is 0 Å². The van der Waals surface area contributed by atoms with Gasteiger partial charge in [0.2, 0.25) is 0 Å². The summed E-state index contributed by atoms with van der Waals surface area (Å²) in [5.41, 5.74) is 2.56. The SMILES string of the molecule is CCCOc1ccc(CNc2ccc(C(=O)OCC)cc2)cc1OC. The van der Waals surface area contributed by atoms with Crippen LogP contribution in [0.3, 0.4) is 0 Å². The van der Waals surface area contributed by atoms with Crippen LogP contribution in [0.4, 0.5) is 5.69 Å². The normalized spacial score (nSPS) is 10.2. The summed E-state index contributed by atoms with van der Waals surface area (Å²) in [6.07, 6.45) is 0.953. The fraction of sp³-hybridized carbons (Fsp3) is 0.350. The number of nitrogens with one attached hydrogen (secondary N) is 1. The Balaban J connectivity index is 1.97. The molecule has 0 radical (unpaired) electrons. The quantitative estimate of drug-likeness (QED) is 0.689. The molecule has 25 heavy (non-hydrogen) atoms. The van der Waals surface area contributed by atoms with E-state index in [4.69, 9.17) is 14.2 Å². The summed E-state index contributed by atoms with van der Waals surface area (Å²) in [5.74, 6) is 1.18. The van der Waals surface area contributed by atoms with Gasteiger partial charge >= 0.3 is 5.97 Å². The van der Waals surface area contributed by atoms with Crippen molar-refractivity contribution in [3.05, 3.63) is 53.6 Å². The lowest BCUT2D eigenvalue weighted by Gasteiger charge is -2.12. The average molecular weight is 343 g/mol. The molecule has 2 rings (SSSR count). The van der Waals surface area contributed by atoms with E-state index in [2.05, 4.69) is 12.2 Å². The number of benzene rings is 2. The zero-order valence-corrected chi connectivity index (χ0v) is 15.0. The standard InChI is InChI=1S/C20H25NO4/c1-4-12-25-18-11-6-15(13-19(18)23-3)14-21-17-9-7-16(8-10-17)20(22)24-5-2/h6-11,13,21H,4-5,12,14H2,1-3H3. The molecule has 0 saturated carbocycles. The van der Waals surface area contributed by atoms with E-state index < -0.39 is 0 Å². The highest BCUT2D eigenvalue weighted by Gasteiger charge is 2.07. The third-order valence-electron chi connectivity index (χ3n) is 3.58. The molecule has 0 aliphatic carbocycles. The van der Waals surface area contributed by atoms with Crippen LogP contribution < -0.4 is 14.8 Å². The van der Waals surface area contributed by atoms with Crippen molar-refractivity contribution in [2.24, 2.45) is 0 Å². The number of ether oxygens (including phenoxy) is 3. The van der Waals surface area contributed by atoms with Crippen molar-refractivity contribution in [2.45, 2.75) is 26.8 Å². The second-order valence-electron chi connectivity index (χ2n) is 5.49. The van der Waals surface area contributed by atoms with E-state index >= 15 is 0 Å². The molecular weight excluding hydrogens is 318 g/mol. The molecule has 5 heteroatoms. The topological polar surface area (TPSA) is 56.8 Å². The molecule has 5 nitrogen and oxygen atoms in total. The maximum atomic E-state index is 11.6. The molecule has 0 bridgehead atoms. The van der Waals surface area contributed by atoms with Crippen LogP contribution in [0.1, 0.15) is 36.2 Å². The Labute approximate surface area is 148 Å². The van der Waals surface area contributed by atoms with Gasteiger partial charge in [-0.05, 0) is 55.3 Å². The Kier molecular flexibility index (Phi) is 7.14. The minimum atomic E-state index is -0.304. The van der Waals surface area contributed by atoms with Crippen LogP contribution in [0.5, 0.6) is 11.5 Å². The monoisotopic (exact) mass is 343 g/mol. The van der Waals surface area contributed by atoms with Crippen LogP contribution in [-0.4, -0.2) is 26.3 Å². The van der Waals surface area contributed by atoms with E-state index in [9.17, 15) is 4.79 Å². The molecule has 0 fully saturated rings. The van der Waals surface area contributed by atoms with Crippen molar-refractivity contribution < 1.29 is 19.0 Å². The smallest absolute Gasteiger partial charge is 0.338 e. The predicted molar refractivity (Wildman–Crippen MR) is 98.5 cm³/mol. The van der Waals surface area contributed by atoms with Gasteiger partial charge in [0.15, 0.2) is 11.5 Å². The van der Waals surface area contributed by atoms with Gasteiger partial charge in [0.25, 0.3) is 0 Å². The summed E-state index contributed by atoms with van der Waals surface area (Å²) < 4.78 is 16.0. The van der Waals surface area contributed by atoms with Gasteiger partial charge in [-0.2, -0.15) is 0 Å². The van der Waals surface area contributed by atoms with E-state index in [0.717, 1.165) is 29.2 Å². The van der Waals surface area contributed by atoms with Crippen molar-refractivity contribution in [2.75, 3.05) is 25.6 Å². The number of methoxy groups -OCH3 is 1. The Bertz CT molecular complexity index is 683. The van der Waals surface area contributed by atoms with Gasteiger partial charge in [0.1, 0.15) is 0 Å². The zero-order valence-electron chi connectivity index (χ0n) is 15.0. The first-order chi connectivity index (χ1) is 12.2. The van der Waals surface area contributed by atoms with E-state index in [0.29, 0.717) is 25.3 Å². The highest BCUT2D eigenvalue weighted by molar-refractivity contribution is 5.89. The van der Waals surface area contributed by atoms with Crippen LogP contribution in [0.15, 0.2) is 42.5 Å². The Morgan fingerprint density at radius 2 is 1.80 bits per heavy atom. The van der Waals surface area contributed by atoms with Crippen LogP contribution in [0.2, 0.25) is 0 Å². The lowest BCUT2D eigenvalue weighted by Crippen LogP contribution is -2.05. The molecule has 0 heterocycles. The first-order valence-electron chi connectivity index (χ1n) is 8.48. The van der Waals surface area contributed by atoms with Crippen molar-refractivity contribution >= 4 is 11.7 Å². The molecule has 0 atom stereocenters. The number of anilines is 1. The number of hydrogen-bond donors (Lipinski definition) is 1. The molecular formula is C20H25NO4. The highest BCUT2D eigenvalue weighted by atomic mass is 16.5. The lowest BCUT2D eigenvalue weighted by molar-refractivity contribution is 0.0526. The summed E-state index contributed by atoms with van der Waals surface area (Å²) in [7, 11) is 1.64. The van der Waals surface area contributed by atoms with E-state index in [-0.39, 0.29) is 5.97 Å². The molecule has 1 N–H and O–H groups in total. The van der Waals surface area contributed by atoms with Crippen molar-refractivity contribution in [3.8, 4) is 11.5 Å². The molecule has 0 amide bonds. The molecule has 2 aromatic carbocycles. The first kappa shape index (κ1) is 18.6. The lowest BCUT2D eigenvalue weighted by atomic mass is 10.1. The van der Waals surface area contributed by atoms with Crippen molar-refractivity contribution in [1.82, 2.24) is 0 Å². The minimum absolute atomic E-state index is 0.304. The van der Waals surface area contributed by atoms with Crippen LogP contribution in [-0.2, 0) is 11.3 Å². The van der Waals surface area contributed by atoms with Gasteiger partial charge in [0, 0.05) is 12.2 Å². The Morgan fingerprint density at radius 3 is 2.44 bits per heavy atom. The van der Waals surface area contributed by atoms with Crippen LogP contribution in [0, 0.1) is 0 Å². The second-order valence-corrected chi connectivity index (χ2v) is 5.49. The maximum absolute atomic E-state index is 11.6. The largest absolute Gasteiger partial charge is 0.493 e. The summed E-state index contributed by atoms with van der Waals surface area (Å²) in [6.45, 7) is 5.54. The fourth-order valence-corrected chi connectivity index (χ4v) is 2.30. The predicted octanol–water partition coefficient (Wildman–Crippen LogP) is 4.27. The van der Waals surface area contributed by atoms with Crippen LogP contribution in [0.25, 0.3) is 0 Å². The molecule has 0 spiro atoms. The maximum Gasteiger partial charge on any atom is 0.338 e. The summed E-state index contributed by atoms with van der Waals surface area (Å²) >= 11 is 0. The minimum Gasteiger partial charge on any atom is -0.493 e. The third-order valence-corrected chi connectivity index (χ3v) is 3.58. The number of esters is 1. The molecule has 2 aromatic rings. The highest BCUT2D eigenvalue weighted by Crippen LogP contribution is 2.28. The van der Waals surface area contributed by atoms with Gasteiger partial charge in [0.05, 0.1) is 25.9 Å². The molecule has 0 aliphatic rings. The average Bonchev–Trinajstić information content (AvgIpc) is 2.65. The molecule has 0 unspecified atom stereocenters. The van der Waals surface area contributed by atoms with Crippen molar-refractivity contribution in [3.63, 3.8) is 0 Å². The van der Waals surface area contributed by atoms with Gasteiger partial charge in [-0.1, -0.05) is 13.0 Å². The molecule has 0 saturated heterocycles. The number of carbonyl (C=O) groups excluding carboxylic acids is 1. The van der Waals surface area contributed by atoms with Crippen LogP contribution >= 0.6 is 0 Å². The van der Waals surface area contributed by atoms with Gasteiger partial charge in [-0.25, -0.2) is 4.79 Å². The number of carbonyl (C=O) groups is 1. The molecule has 0 aliphatic heterocycles. The zero-order chi connectivity index (χ0) is 18.1. The summed E-state index contributed by atoms with van der Waals surface area (Å²) in [6, 6.07) is 13.1. The van der Waals surface area contributed by atoms with E-state index in [1.165, 1.54) is 0 Å².